The Morgan fingerprint density at radius 1 is 1.25 bits per heavy atom. The highest BCUT2D eigenvalue weighted by molar-refractivity contribution is 5.98. The Hall–Kier alpha value is -3.62. The summed E-state index contributed by atoms with van der Waals surface area (Å²) in [5.74, 6) is 1.36. The van der Waals surface area contributed by atoms with Crippen LogP contribution in [0, 0.1) is 13.8 Å². The molecule has 1 N–H and O–H groups in total. The van der Waals surface area contributed by atoms with Gasteiger partial charge in [0.25, 0.3) is 5.91 Å². The van der Waals surface area contributed by atoms with Gasteiger partial charge in [-0.25, -0.2) is 9.48 Å². The maximum Gasteiger partial charge on any atom is 0.346 e. The molecular formula is C23H26N6O3. The topological polar surface area (TPSA) is 99.9 Å². The van der Waals surface area contributed by atoms with Crippen molar-refractivity contribution in [3.63, 3.8) is 0 Å². The molecule has 1 atom stereocenters. The van der Waals surface area contributed by atoms with Crippen LogP contribution in [-0.4, -0.2) is 36.0 Å². The van der Waals surface area contributed by atoms with Crippen LogP contribution in [0.4, 0.5) is 0 Å². The molecule has 5 rings (SSSR count). The van der Waals surface area contributed by atoms with Gasteiger partial charge in [0.05, 0.1) is 12.2 Å². The lowest BCUT2D eigenvalue weighted by Crippen LogP contribution is -2.36. The minimum absolute atomic E-state index is 0.0161. The molecule has 0 bridgehead atoms. The number of para-hydroxylation sites is 1. The summed E-state index contributed by atoms with van der Waals surface area (Å²) in [5.41, 5.74) is 3.18. The summed E-state index contributed by atoms with van der Waals surface area (Å²) >= 11 is 0. The number of amides is 1. The molecule has 9 nitrogen and oxygen atoms in total. The van der Waals surface area contributed by atoms with Crippen molar-refractivity contribution in [2.75, 3.05) is 0 Å². The Bertz CT molecular complexity index is 1350. The Morgan fingerprint density at radius 3 is 2.81 bits per heavy atom. The van der Waals surface area contributed by atoms with Crippen LogP contribution in [0.1, 0.15) is 46.2 Å². The molecule has 3 aromatic heterocycles. The lowest BCUT2D eigenvalue weighted by Gasteiger charge is -2.16. The SMILES string of the molecule is Cc1noc(C)c1Cn1nc2n(c1=O)CCC(NC(=O)c1cc3ccccc3n1C)CC2. The van der Waals surface area contributed by atoms with E-state index in [1.807, 2.05) is 55.8 Å². The molecule has 1 aromatic carbocycles. The molecule has 9 heteroatoms. The van der Waals surface area contributed by atoms with Gasteiger partial charge in [-0.15, -0.1) is 0 Å². The van der Waals surface area contributed by atoms with E-state index in [1.54, 1.807) is 4.57 Å². The number of aryl methyl sites for hydroxylation is 4. The molecule has 0 radical (unpaired) electrons. The van der Waals surface area contributed by atoms with Crippen molar-refractivity contribution >= 4 is 16.8 Å². The Balaban J connectivity index is 1.30. The van der Waals surface area contributed by atoms with Crippen molar-refractivity contribution in [3.05, 3.63) is 69.4 Å². The smallest absolute Gasteiger partial charge is 0.346 e. The zero-order valence-corrected chi connectivity index (χ0v) is 18.5. The number of hydrogen-bond donors (Lipinski definition) is 1. The van der Waals surface area contributed by atoms with Gasteiger partial charge in [0, 0.05) is 42.5 Å². The Morgan fingerprint density at radius 2 is 2.06 bits per heavy atom. The quantitative estimate of drug-likeness (QED) is 0.531. The zero-order valence-electron chi connectivity index (χ0n) is 18.5. The lowest BCUT2D eigenvalue weighted by molar-refractivity contribution is 0.0925. The number of nitrogens with one attached hydrogen (secondary N) is 1. The second kappa shape index (κ2) is 7.81. The first-order valence-corrected chi connectivity index (χ1v) is 10.9. The number of hydrogen-bond acceptors (Lipinski definition) is 5. The normalized spacial score (nSPS) is 16.2. The molecule has 0 fully saturated rings. The number of aromatic nitrogens is 5. The highest BCUT2D eigenvalue weighted by Crippen LogP contribution is 2.20. The van der Waals surface area contributed by atoms with Gasteiger partial charge in [-0.3, -0.25) is 9.36 Å². The third-order valence-corrected chi connectivity index (χ3v) is 6.43. The molecule has 1 unspecified atom stereocenters. The third-order valence-electron chi connectivity index (χ3n) is 6.43. The predicted octanol–water partition coefficient (Wildman–Crippen LogP) is 2.32. The van der Waals surface area contributed by atoms with Crippen LogP contribution >= 0.6 is 0 Å². The van der Waals surface area contributed by atoms with E-state index in [0.717, 1.165) is 34.4 Å². The van der Waals surface area contributed by atoms with Gasteiger partial charge in [0.1, 0.15) is 17.3 Å². The van der Waals surface area contributed by atoms with Crippen LogP contribution in [0.5, 0.6) is 0 Å². The highest BCUT2D eigenvalue weighted by Gasteiger charge is 2.24. The molecule has 32 heavy (non-hydrogen) atoms. The molecule has 0 spiro atoms. The fourth-order valence-corrected chi connectivity index (χ4v) is 4.52. The van der Waals surface area contributed by atoms with Gasteiger partial charge >= 0.3 is 5.69 Å². The number of benzene rings is 1. The fourth-order valence-electron chi connectivity index (χ4n) is 4.52. The van der Waals surface area contributed by atoms with E-state index in [-0.39, 0.29) is 17.6 Å². The largest absolute Gasteiger partial charge is 0.361 e. The summed E-state index contributed by atoms with van der Waals surface area (Å²) in [5, 5.41) is 12.7. The molecular weight excluding hydrogens is 408 g/mol. The van der Waals surface area contributed by atoms with Crippen molar-refractivity contribution in [1.82, 2.24) is 29.4 Å². The van der Waals surface area contributed by atoms with Gasteiger partial charge in [-0.1, -0.05) is 23.4 Å². The highest BCUT2D eigenvalue weighted by atomic mass is 16.5. The second-order valence-corrected chi connectivity index (χ2v) is 8.46. The minimum atomic E-state index is -0.138. The molecule has 0 aliphatic carbocycles. The lowest BCUT2D eigenvalue weighted by atomic mass is 10.1. The number of carbonyl (C=O) groups excluding carboxylic acids is 1. The van der Waals surface area contributed by atoms with Crippen LogP contribution in [0.3, 0.4) is 0 Å². The maximum absolute atomic E-state index is 13.0. The Labute approximate surface area is 184 Å². The fraction of sp³-hybridized carbons (Fsp3) is 0.391. The first-order chi connectivity index (χ1) is 15.4. The van der Waals surface area contributed by atoms with Crippen LogP contribution in [0.2, 0.25) is 0 Å². The van der Waals surface area contributed by atoms with E-state index in [1.165, 1.54) is 4.68 Å². The number of fused-ring (bicyclic) bond motifs is 2. The summed E-state index contributed by atoms with van der Waals surface area (Å²) in [6, 6.07) is 9.84. The maximum atomic E-state index is 13.0. The first-order valence-electron chi connectivity index (χ1n) is 10.9. The zero-order chi connectivity index (χ0) is 22.4. The average molecular weight is 435 g/mol. The van der Waals surface area contributed by atoms with E-state index in [0.29, 0.717) is 37.4 Å². The molecule has 4 heterocycles. The predicted molar refractivity (Wildman–Crippen MR) is 119 cm³/mol. The van der Waals surface area contributed by atoms with Crippen LogP contribution in [-0.2, 0) is 26.6 Å². The number of rotatable bonds is 4. The van der Waals surface area contributed by atoms with Crippen molar-refractivity contribution in [2.24, 2.45) is 7.05 Å². The third kappa shape index (κ3) is 3.43. The average Bonchev–Trinajstić information content (AvgIpc) is 3.33. The van der Waals surface area contributed by atoms with Crippen molar-refractivity contribution < 1.29 is 9.32 Å². The van der Waals surface area contributed by atoms with Gasteiger partial charge < -0.3 is 14.4 Å². The van der Waals surface area contributed by atoms with E-state index in [2.05, 4.69) is 15.6 Å². The van der Waals surface area contributed by atoms with E-state index in [4.69, 9.17) is 4.52 Å². The molecule has 1 aliphatic rings. The van der Waals surface area contributed by atoms with Crippen molar-refractivity contribution in [2.45, 2.75) is 52.2 Å². The number of carbonyl (C=O) groups is 1. The molecule has 166 valence electrons. The van der Waals surface area contributed by atoms with Gasteiger partial charge in [0.15, 0.2) is 0 Å². The summed E-state index contributed by atoms with van der Waals surface area (Å²) in [7, 11) is 1.90. The molecule has 1 amide bonds. The number of nitrogens with zero attached hydrogens (tertiary/aromatic N) is 5. The van der Waals surface area contributed by atoms with Gasteiger partial charge in [-0.2, -0.15) is 5.10 Å². The van der Waals surface area contributed by atoms with Crippen LogP contribution < -0.4 is 11.0 Å². The molecule has 4 aromatic rings. The molecule has 0 saturated heterocycles. The summed E-state index contributed by atoms with van der Waals surface area (Å²) in [6.45, 7) is 4.57. The monoisotopic (exact) mass is 434 g/mol. The summed E-state index contributed by atoms with van der Waals surface area (Å²) < 4.78 is 10.3. The summed E-state index contributed by atoms with van der Waals surface area (Å²) in [4.78, 5) is 25.9. The minimum Gasteiger partial charge on any atom is -0.361 e. The summed E-state index contributed by atoms with van der Waals surface area (Å²) in [6.07, 6.45) is 2.04. The van der Waals surface area contributed by atoms with Crippen molar-refractivity contribution in [3.8, 4) is 0 Å². The van der Waals surface area contributed by atoms with E-state index in [9.17, 15) is 9.59 Å². The molecule has 0 saturated carbocycles. The van der Waals surface area contributed by atoms with Crippen LogP contribution in [0.25, 0.3) is 10.9 Å². The van der Waals surface area contributed by atoms with Crippen LogP contribution in [0.15, 0.2) is 39.6 Å². The van der Waals surface area contributed by atoms with E-state index < -0.39 is 0 Å². The standard InChI is InChI=1S/C23H26N6O3/c1-14-18(15(2)32-26-14)13-29-23(31)28-11-10-17(8-9-21(28)25-29)24-22(30)20-12-16-6-4-5-7-19(16)27(20)3/h4-7,12,17H,8-11,13H2,1-3H3,(H,24,30). The van der Waals surface area contributed by atoms with E-state index >= 15 is 0 Å². The van der Waals surface area contributed by atoms with Crippen molar-refractivity contribution in [1.29, 1.82) is 0 Å². The molecule has 1 aliphatic heterocycles. The Kier molecular flexibility index (Phi) is 4.96. The second-order valence-electron chi connectivity index (χ2n) is 8.46. The first kappa shape index (κ1) is 20.3. The van der Waals surface area contributed by atoms with Gasteiger partial charge in [-0.05, 0) is 38.8 Å². The van der Waals surface area contributed by atoms with Gasteiger partial charge in [0.2, 0.25) is 0 Å².